The molecule has 96 valence electrons. The molecule has 1 aliphatic carbocycles. The number of ether oxygens (including phenoxy) is 1. The number of urea groups is 1. The van der Waals surface area contributed by atoms with Crippen LogP contribution in [0.15, 0.2) is 0 Å². The first-order valence-corrected chi connectivity index (χ1v) is 5.73. The zero-order valence-corrected chi connectivity index (χ0v) is 9.57. The van der Waals surface area contributed by atoms with Gasteiger partial charge in [0.25, 0.3) is 0 Å². The van der Waals surface area contributed by atoms with Gasteiger partial charge in [-0.05, 0) is 12.8 Å². The standard InChI is InChI=1S/C10H17N3O4/c14-8(15)10(1-2-10)7-11-9(16)12-13-3-5-17-6-4-13/h1-7H2,(H,14,15)(H2,11,12,16). The minimum absolute atomic E-state index is 0.193. The van der Waals surface area contributed by atoms with Crippen LogP contribution in [-0.2, 0) is 9.53 Å². The summed E-state index contributed by atoms with van der Waals surface area (Å²) in [5.74, 6) is -0.829. The van der Waals surface area contributed by atoms with Crippen LogP contribution in [0, 0.1) is 5.41 Å². The predicted molar refractivity (Wildman–Crippen MR) is 58.2 cm³/mol. The van der Waals surface area contributed by atoms with E-state index in [-0.39, 0.29) is 12.6 Å². The van der Waals surface area contributed by atoms with Gasteiger partial charge < -0.3 is 15.2 Å². The molecule has 0 spiro atoms. The molecule has 0 aromatic rings. The van der Waals surface area contributed by atoms with Gasteiger partial charge in [0.1, 0.15) is 0 Å². The van der Waals surface area contributed by atoms with Crippen molar-refractivity contribution in [3.63, 3.8) is 0 Å². The van der Waals surface area contributed by atoms with Gasteiger partial charge in [0, 0.05) is 19.6 Å². The van der Waals surface area contributed by atoms with Gasteiger partial charge in [-0.15, -0.1) is 0 Å². The highest BCUT2D eigenvalue weighted by Crippen LogP contribution is 2.45. The lowest BCUT2D eigenvalue weighted by Gasteiger charge is -2.27. The highest BCUT2D eigenvalue weighted by molar-refractivity contribution is 5.80. The molecule has 2 rings (SSSR count). The fourth-order valence-corrected chi connectivity index (χ4v) is 1.72. The first-order valence-electron chi connectivity index (χ1n) is 5.73. The average Bonchev–Trinajstić information content (AvgIpc) is 3.09. The lowest BCUT2D eigenvalue weighted by atomic mass is 10.1. The Morgan fingerprint density at radius 1 is 1.29 bits per heavy atom. The zero-order valence-electron chi connectivity index (χ0n) is 9.57. The first-order chi connectivity index (χ1) is 8.12. The third kappa shape index (κ3) is 3.07. The summed E-state index contributed by atoms with van der Waals surface area (Å²) in [6, 6.07) is -0.348. The highest BCUT2D eigenvalue weighted by Gasteiger charge is 2.50. The Kier molecular flexibility index (Phi) is 3.49. The van der Waals surface area contributed by atoms with Crippen LogP contribution in [0.25, 0.3) is 0 Å². The van der Waals surface area contributed by atoms with E-state index in [1.807, 2.05) is 0 Å². The number of nitrogens with one attached hydrogen (secondary N) is 2. The van der Waals surface area contributed by atoms with Crippen LogP contribution in [0.2, 0.25) is 0 Å². The SMILES string of the molecule is O=C(NCC1(C(=O)O)CC1)NN1CCOCC1. The third-order valence-corrected chi connectivity index (χ3v) is 3.17. The van der Waals surface area contributed by atoms with Crippen LogP contribution in [0.1, 0.15) is 12.8 Å². The van der Waals surface area contributed by atoms with E-state index in [0.717, 1.165) is 0 Å². The van der Waals surface area contributed by atoms with Gasteiger partial charge in [-0.3, -0.25) is 10.2 Å². The molecular weight excluding hydrogens is 226 g/mol. The van der Waals surface area contributed by atoms with E-state index >= 15 is 0 Å². The van der Waals surface area contributed by atoms with Crippen molar-refractivity contribution in [2.24, 2.45) is 5.41 Å². The minimum atomic E-state index is -0.829. The summed E-state index contributed by atoms with van der Waals surface area (Å²) < 4.78 is 5.15. The molecule has 1 saturated heterocycles. The summed E-state index contributed by atoms with van der Waals surface area (Å²) in [5.41, 5.74) is 1.95. The molecule has 3 N–H and O–H groups in total. The van der Waals surface area contributed by atoms with E-state index in [4.69, 9.17) is 9.84 Å². The van der Waals surface area contributed by atoms with Gasteiger partial charge in [-0.25, -0.2) is 9.80 Å². The number of nitrogens with zero attached hydrogens (tertiary/aromatic N) is 1. The van der Waals surface area contributed by atoms with Crippen molar-refractivity contribution in [1.82, 2.24) is 15.8 Å². The van der Waals surface area contributed by atoms with Crippen molar-refractivity contribution in [3.05, 3.63) is 0 Å². The molecule has 2 amide bonds. The fraction of sp³-hybridized carbons (Fsp3) is 0.800. The Balaban J connectivity index is 1.69. The van der Waals surface area contributed by atoms with E-state index in [1.165, 1.54) is 0 Å². The minimum Gasteiger partial charge on any atom is -0.481 e. The normalized spacial score (nSPS) is 22.8. The molecule has 7 nitrogen and oxygen atoms in total. The van der Waals surface area contributed by atoms with Crippen LogP contribution in [-0.4, -0.2) is 55.0 Å². The number of carboxylic acids is 1. The lowest BCUT2D eigenvalue weighted by molar-refractivity contribution is -0.143. The summed E-state index contributed by atoms with van der Waals surface area (Å²) in [5, 5.41) is 13.3. The molecule has 1 heterocycles. The molecule has 0 bridgehead atoms. The molecule has 1 aliphatic heterocycles. The molecular formula is C10H17N3O4. The number of carbonyl (C=O) groups is 2. The maximum absolute atomic E-state index is 11.5. The summed E-state index contributed by atoms with van der Waals surface area (Å²) >= 11 is 0. The van der Waals surface area contributed by atoms with Crippen LogP contribution in [0.3, 0.4) is 0 Å². The summed E-state index contributed by atoms with van der Waals surface area (Å²) in [7, 11) is 0. The average molecular weight is 243 g/mol. The van der Waals surface area contributed by atoms with Gasteiger partial charge in [-0.1, -0.05) is 0 Å². The van der Waals surface area contributed by atoms with Crippen molar-refractivity contribution in [3.8, 4) is 0 Å². The molecule has 2 aliphatic rings. The summed E-state index contributed by atoms with van der Waals surface area (Å²) in [6.07, 6.45) is 1.28. The fourth-order valence-electron chi connectivity index (χ4n) is 1.72. The van der Waals surface area contributed by atoms with Crippen molar-refractivity contribution in [2.45, 2.75) is 12.8 Å². The Morgan fingerprint density at radius 3 is 2.47 bits per heavy atom. The summed E-state index contributed by atoms with van der Waals surface area (Å²) in [4.78, 5) is 22.4. The highest BCUT2D eigenvalue weighted by atomic mass is 16.5. The van der Waals surface area contributed by atoms with Gasteiger partial charge in [0.05, 0.1) is 18.6 Å². The lowest BCUT2D eigenvalue weighted by Crippen LogP contribution is -2.52. The maximum Gasteiger partial charge on any atom is 0.329 e. The Bertz CT molecular complexity index is 311. The van der Waals surface area contributed by atoms with Gasteiger partial charge in [0.2, 0.25) is 0 Å². The number of hydrazine groups is 1. The van der Waals surface area contributed by atoms with E-state index in [9.17, 15) is 9.59 Å². The smallest absolute Gasteiger partial charge is 0.329 e. The van der Waals surface area contributed by atoms with Crippen molar-refractivity contribution >= 4 is 12.0 Å². The van der Waals surface area contributed by atoms with Gasteiger partial charge in [-0.2, -0.15) is 0 Å². The summed E-state index contributed by atoms with van der Waals surface area (Å²) in [6.45, 7) is 2.69. The van der Waals surface area contributed by atoms with E-state index in [2.05, 4.69) is 10.7 Å². The third-order valence-electron chi connectivity index (χ3n) is 3.17. The van der Waals surface area contributed by atoms with Gasteiger partial charge >= 0.3 is 12.0 Å². The molecule has 0 unspecified atom stereocenters. The Labute approximate surface area is 99.1 Å². The monoisotopic (exact) mass is 243 g/mol. The quantitative estimate of drug-likeness (QED) is 0.613. The van der Waals surface area contributed by atoms with E-state index in [0.29, 0.717) is 39.1 Å². The molecule has 0 radical (unpaired) electrons. The number of hydrogen-bond donors (Lipinski definition) is 3. The second-order valence-electron chi connectivity index (χ2n) is 4.48. The predicted octanol–water partition coefficient (Wildman–Crippen LogP) is -0.602. The Hall–Kier alpha value is -1.34. The zero-order chi connectivity index (χ0) is 12.3. The largest absolute Gasteiger partial charge is 0.481 e. The van der Waals surface area contributed by atoms with Crippen LogP contribution in [0.5, 0.6) is 0 Å². The number of carboxylic acid groups (broad SMARTS) is 1. The molecule has 2 fully saturated rings. The molecule has 0 atom stereocenters. The van der Waals surface area contributed by atoms with E-state index < -0.39 is 11.4 Å². The number of morpholine rings is 1. The maximum atomic E-state index is 11.5. The second kappa shape index (κ2) is 4.89. The number of amides is 2. The van der Waals surface area contributed by atoms with Crippen LogP contribution >= 0.6 is 0 Å². The second-order valence-corrected chi connectivity index (χ2v) is 4.48. The van der Waals surface area contributed by atoms with Crippen molar-refractivity contribution < 1.29 is 19.4 Å². The van der Waals surface area contributed by atoms with Crippen LogP contribution in [0.4, 0.5) is 4.79 Å². The number of aliphatic carboxylic acids is 1. The van der Waals surface area contributed by atoms with Crippen LogP contribution < -0.4 is 10.7 Å². The molecule has 7 heteroatoms. The molecule has 0 aromatic heterocycles. The van der Waals surface area contributed by atoms with Crippen molar-refractivity contribution in [1.29, 1.82) is 0 Å². The number of hydrogen-bond acceptors (Lipinski definition) is 4. The van der Waals surface area contributed by atoms with Crippen molar-refractivity contribution in [2.75, 3.05) is 32.8 Å². The molecule has 0 aromatic carbocycles. The Morgan fingerprint density at radius 2 is 1.94 bits per heavy atom. The topological polar surface area (TPSA) is 90.9 Å². The van der Waals surface area contributed by atoms with E-state index in [1.54, 1.807) is 5.01 Å². The number of rotatable bonds is 4. The number of carbonyl (C=O) groups excluding carboxylic acids is 1. The molecule has 1 saturated carbocycles. The first kappa shape index (κ1) is 12.1. The van der Waals surface area contributed by atoms with Gasteiger partial charge in [0.15, 0.2) is 0 Å². The molecule has 17 heavy (non-hydrogen) atoms.